The molecule has 1 aromatic heterocycles. The van der Waals surface area contributed by atoms with Gasteiger partial charge in [-0.15, -0.1) is 0 Å². The zero-order chi connectivity index (χ0) is 28.2. The van der Waals surface area contributed by atoms with Crippen molar-refractivity contribution in [2.75, 3.05) is 13.1 Å². The van der Waals surface area contributed by atoms with E-state index >= 15 is 0 Å². The van der Waals surface area contributed by atoms with E-state index in [0.717, 1.165) is 53.7 Å². The summed E-state index contributed by atoms with van der Waals surface area (Å²) in [6.07, 6.45) is 2.06. The Morgan fingerprint density at radius 1 is 0.846 bits per heavy atom. The smallest absolute Gasteiger partial charge is 0.211 e. The molecular weight excluding hydrogens is 484 g/mol. The van der Waals surface area contributed by atoms with E-state index in [1.807, 2.05) is 84.9 Å². The number of hydrogen-bond donors (Lipinski definition) is 2. The molecule has 0 aliphatic rings. The van der Waals surface area contributed by atoms with Crippen LogP contribution in [-0.4, -0.2) is 40.6 Å². The maximum absolute atomic E-state index is 11.4. The Morgan fingerprint density at radius 2 is 1.51 bits per heavy atom. The van der Waals surface area contributed by atoms with E-state index in [0.29, 0.717) is 5.56 Å². The van der Waals surface area contributed by atoms with Gasteiger partial charge in [0.05, 0.1) is 11.2 Å². The normalized spacial score (nSPS) is 11.4. The number of aromatic nitrogens is 1. The molecule has 0 amide bonds. The summed E-state index contributed by atoms with van der Waals surface area (Å²) < 4.78 is 5.27. The maximum Gasteiger partial charge on any atom is 0.211 e. The van der Waals surface area contributed by atoms with Crippen molar-refractivity contribution in [3.8, 4) is 11.3 Å². The number of carbonyl (C=O) groups is 1. The standard InChI is InChI=1S/C17H13NO.C16H25N3O/c1-12(19)14-6-4-7-15(11-14)17-10-9-13-5-2-3-8-16(13)18-17;1-4-11-19(12-5-2)15(16(18)20-13(3)17)14-9-7-6-8-10-14/h2-11H,1H3;6-10,15,17-18H,4-5,11-12H2,1-3H3/t;15-/m.1/s1. The SMILES string of the molecule is CC(=O)c1cccc(-c2ccc3ccccc3n2)c1.CCCN(CCC)[C@@H](C(=N)OC(C)=N)c1ccccc1. The topological polar surface area (TPSA) is 90.1 Å². The molecule has 3 aromatic carbocycles. The van der Waals surface area contributed by atoms with Gasteiger partial charge in [0.1, 0.15) is 6.04 Å². The van der Waals surface area contributed by atoms with Crippen LogP contribution in [0.3, 0.4) is 0 Å². The molecule has 4 rings (SSSR count). The summed E-state index contributed by atoms with van der Waals surface area (Å²) in [5, 5.41) is 16.8. The van der Waals surface area contributed by atoms with Gasteiger partial charge in [-0.1, -0.05) is 86.6 Å². The number of nitrogens with one attached hydrogen (secondary N) is 2. The number of pyridine rings is 1. The van der Waals surface area contributed by atoms with Gasteiger partial charge >= 0.3 is 0 Å². The molecule has 1 heterocycles. The first-order valence-corrected chi connectivity index (χ1v) is 13.4. The third kappa shape index (κ3) is 8.42. The summed E-state index contributed by atoms with van der Waals surface area (Å²) in [6.45, 7) is 9.23. The summed E-state index contributed by atoms with van der Waals surface area (Å²) in [5.74, 6) is 0.261. The van der Waals surface area contributed by atoms with Crippen LogP contribution in [0.15, 0.2) is 91.0 Å². The molecule has 0 radical (unpaired) electrons. The molecule has 4 aromatic rings. The molecule has 0 unspecified atom stereocenters. The van der Waals surface area contributed by atoms with Crippen molar-refractivity contribution in [3.05, 3.63) is 102 Å². The lowest BCUT2D eigenvalue weighted by Gasteiger charge is -2.31. The van der Waals surface area contributed by atoms with Crippen LogP contribution in [-0.2, 0) is 4.74 Å². The third-order valence-corrected chi connectivity index (χ3v) is 6.18. The van der Waals surface area contributed by atoms with Crippen molar-refractivity contribution in [3.63, 3.8) is 0 Å². The van der Waals surface area contributed by atoms with Crippen molar-refractivity contribution in [1.82, 2.24) is 9.88 Å². The fraction of sp³-hybridized carbons (Fsp3) is 0.273. The Bertz CT molecular complexity index is 1400. The Hall–Kier alpha value is -4.16. The van der Waals surface area contributed by atoms with E-state index in [2.05, 4.69) is 29.8 Å². The molecule has 0 aliphatic carbocycles. The van der Waals surface area contributed by atoms with Gasteiger partial charge in [-0.25, -0.2) is 4.98 Å². The lowest BCUT2D eigenvalue weighted by atomic mass is 10.0. The molecule has 2 N–H and O–H groups in total. The minimum atomic E-state index is -0.212. The summed E-state index contributed by atoms with van der Waals surface area (Å²) in [6, 6.07) is 29.4. The van der Waals surface area contributed by atoms with Crippen LogP contribution >= 0.6 is 0 Å². The van der Waals surface area contributed by atoms with Crippen LogP contribution in [0.25, 0.3) is 22.2 Å². The highest BCUT2D eigenvalue weighted by Crippen LogP contribution is 2.24. The van der Waals surface area contributed by atoms with Crippen molar-refractivity contribution < 1.29 is 9.53 Å². The first kappa shape index (κ1) is 29.4. The number of fused-ring (bicyclic) bond motifs is 1. The summed E-state index contributed by atoms with van der Waals surface area (Å²) in [7, 11) is 0. The highest BCUT2D eigenvalue weighted by atomic mass is 16.5. The Kier molecular flexibility index (Phi) is 11.1. The fourth-order valence-electron chi connectivity index (χ4n) is 4.45. The fourth-order valence-corrected chi connectivity index (χ4v) is 4.45. The van der Waals surface area contributed by atoms with Crippen LogP contribution in [0.5, 0.6) is 0 Å². The van der Waals surface area contributed by atoms with E-state index in [1.54, 1.807) is 13.8 Å². The van der Waals surface area contributed by atoms with Crippen LogP contribution < -0.4 is 0 Å². The van der Waals surface area contributed by atoms with Crippen LogP contribution in [0, 0.1) is 10.8 Å². The lowest BCUT2D eigenvalue weighted by Crippen LogP contribution is -2.36. The van der Waals surface area contributed by atoms with Crippen molar-refractivity contribution >= 4 is 28.5 Å². The minimum Gasteiger partial charge on any atom is -0.428 e. The number of carbonyl (C=O) groups excluding carboxylic acids is 1. The van der Waals surface area contributed by atoms with Gasteiger partial charge in [-0.3, -0.25) is 20.5 Å². The number of ether oxygens (including phenoxy) is 1. The molecule has 39 heavy (non-hydrogen) atoms. The number of rotatable bonds is 9. The van der Waals surface area contributed by atoms with Gasteiger partial charge in [0.25, 0.3) is 0 Å². The van der Waals surface area contributed by atoms with Crippen molar-refractivity contribution in [2.24, 2.45) is 0 Å². The Morgan fingerprint density at radius 3 is 2.15 bits per heavy atom. The van der Waals surface area contributed by atoms with Crippen LogP contribution in [0.2, 0.25) is 0 Å². The second-order valence-corrected chi connectivity index (χ2v) is 9.40. The minimum absolute atomic E-state index is 0.0591. The number of ketones is 1. The molecule has 6 nitrogen and oxygen atoms in total. The van der Waals surface area contributed by atoms with E-state index in [1.165, 1.54) is 0 Å². The number of hydrogen-bond acceptors (Lipinski definition) is 6. The van der Waals surface area contributed by atoms with E-state index in [-0.39, 0.29) is 23.6 Å². The molecule has 6 heteroatoms. The predicted octanol–water partition coefficient (Wildman–Crippen LogP) is 7.95. The molecule has 0 saturated heterocycles. The second-order valence-electron chi connectivity index (χ2n) is 9.40. The number of benzene rings is 3. The van der Waals surface area contributed by atoms with E-state index < -0.39 is 0 Å². The van der Waals surface area contributed by atoms with Gasteiger partial charge in [-0.05, 0) is 56.6 Å². The highest BCUT2D eigenvalue weighted by molar-refractivity contribution is 5.95. The van der Waals surface area contributed by atoms with Gasteiger partial charge in [0.2, 0.25) is 5.90 Å². The van der Waals surface area contributed by atoms with Crippen LogP contribution in [0.1, 0.15) is 62.5 Å². The lowest BCUT2D eigenvalue weighted by molar-refractivity contribution is 0.101. The molecule has 0 aliphatic heterocycles. The summed E-state index contributed by atoms with van der Waals surface area (Å²) in [4.78, 5) is 18.3. The molecule has 1 atom stereocenters. The Balaban J connectivity index is 0.000000216. The van der Waals surface area contributed by atoms with Crippen molar-refractivity contribution in [2.45, 2.75) is 46.6 Å². The Labute approximate surface area is 231 Å². The maximum atomic E-state index is 11.4. The average molecular weight is 523 g/mol. The zero-order valence-electron chi connectivity index (χ0n) is 23.3. The molecule has 0 fully saturated rings. The number of nitrogens with zero attached hydrogens (tertiary/aromatic N) is 2. The molecular formula is C33H38N4O2. The molecule has 202 valence electrons. The summed E-state index contributed by atoms with van der Waals surface area (Å²) in [5.41, 5.74) is 4.58. The van der Waals surface area contributed by atoms with Gasteiger partial charge < -0.3 is 4.74 Å². The largest absolute Gasteiger partial charge is 0.428 e. The zero-order valence-corrected chi connectivity index (χ0v) is 23.3. The van der Waals surface area contributed by atoms with Gasteiger partial charge in [0.15, 0.2) is 11.7 Å². The van der Waals surface area contributed by atoms with E-state index in [9.17, 15) is 4.79 Å². The van der Waals surface area contributed by atoms with Gasteiger partial charge in [0, 0.05) is 23.4 Å². The van der Waals surface area contributed by atoms with Gasteiger partial charge in [-0.2, -0.15) is 0 Å². The first-order chi connectivity index (χ1) is 18.8. The first-order valence-electron chi connectivity index (χ1n) is 13.4. The van der Waals surface area contributed by atoms with Crippen LogP contribution in [0.4, 0.5) is 0 Å². The molecule has 0 bridgehead atoms. The molecule has 0 spiro atoms. The monoisotopic (exact) mass is 522 g/mol. The average Bonchev–Trinajstić information content (AvgIpc) is 2.94. The number of para-hydroxylation sites is 1. The predicted molar refractivity (Wildman–Crippen MR) is 161 cm³/mol. The second kappa shape index (κ2) is 14.7. The van der Waals surface area contributed by atoms with Crippen molar-refractivity contribution in [1.29, 1.82) is 10.8 Å². The summed E-state index contributed by atoms with van der Waals surface area (Å²) >= 11 is 0. The molecule has 0 saturated carbocycles. The third-order valence-electron chi connectivity index (χ3n) is 6.18. The highest BCUT2D eigenvalue weighted by Gasteiger charge is 2.25. The van der Waals surface area contributed by atoms with E-state index in [4.69, 9.17) is 15.6 Å². The number of Topliss-reactive ketones (excluding diaryl/α,β-unsaturated/α-hetero) is 1. The quantitative estimate of drug-likeness (QED) is 0.133.